The third-order valence-corrected chi connectivity index (χ3v) is 6.36. The van der Waals surface area contributed by atoms with Crippen LogP contribution in [0.15, 0.2) is 42.5 Å². The van der Waals surface area contributed by atoms with Gasteiger partial charge in [-0.3, -0.25) is 14.9 Å². The van der Waals surface area contributed by atoms with Crippen LogP contribution in [0.4, 0.5) is 31.5 Å². The smallest absolute Gasteiger partial charge is 0.360 e. The van der Waals surface area contributed by atoms with Crippen molar-refractivity contribution in [3.63, 3.8) is 0 Å². The number of hydrogen-bond donors (Lipinski definition) is 2. The number of aromatic nitrogens is 2. The van der Waals surface area contributed by atoms with Crippen molar-refractivity contribution in [3.05, 3.63) is 53.1 Å². The van der Waals surface area contributed by atoms with E-state index in [9.17, 15) is 40.7 Å². The number of nitrogens with zero attached hydrogens (tertiary/aromatic N) is 3. The van der Waals surface area contributed by atoms with Gasteiger partial charge in [-0.25, -0.2) is 4.79 Å². The maximum atomic E-state index is 13.0. The highest BCUT2D eigenvalue weighted by molar-refractivity contribution is 7.15. The number of piperidine rings is 1. The van der Waals surface area contributed by atoms with Gasteiger partial charge >= 0.3 is 18.3 Å². The minimum atomic E-state index is -5.24. The minimum Gasteiger partial charge on any atom is -0.360 e. The Morgan fingerprint density at radius 2 is 1.82 bits per heavy atom. The molecule has 1 aromatic carbocycles. The molecule has 2 heterocycles. The van der Waals surface area contributed by atoms with Gasteiger partial charge in [0.05, 0.1) is 0 Å². The molecule has 3 rings (SSSR count). The molecule has 0 spiro atoms. The van der Waals surface area contributed by atoms with Crippen LogP contribution in [0.5, 0.6) is 0 Å². The number of nitrogens with one attached hydrogen (secondary N) is 2. The van der Waals surface area contributed by atoms with Crippen molar-refractivity contribution in [2.75, 3.05) is 11.9 Å². The van der Waals surface area contributed by atoms with Crippen molar-refractivity contribution in [1.29, 1.82) is 0 Å². The summed E-state index contributed by atoms with van der Waals surface area (Å²) in [7, 11) is 0. The molecule has 1 saturated heterocycles. The molecule has 16 heteroatoms. The number of anilines is 1. The third-order valence-electron chi connectivity index (χ3n) is 5.48. The zero-order valence-electron chi connectivity index (χ0n) is 20.1. The normalized spacial score (nSPS) is 17.5. The van der Waals surface area contributed by atoms with Gasteiger partial charge in [-0.1, -0.05) is 47.7 Å². The number of carbonyl (C=O) groups excluding carboxylic acids is 3. The molecular formula is C23H23F6N5O4S. The first kappa shape index (κ1) is 30.0. The number of rotatable bonds is 9. The van der Waals surface area contributed by atoms with Crippen molar-refractivity contribution in [2.24, 2.45) is 0 Å². The van der Waals surface area contributed by atoms with E-state index in [1.165, 1.54) is 6.08 Å². The summed E-state index contributed by atoms with van der Waals surface area (Å²) in [5, 5.41) is 10.1. The highest BCUT2D eigenvalue weighted by Gasteiger charge is 2.44. The van der Waals surface area contributed by atoms with E-state index < -0.39 is 47.2 Å². The molecule has 1 aliphatic rings. The molecule has 0 unspecified atom stereocenters. The van der Waals surface area contributed by atoms with E-state index in [-0.39, 0.29) is 35.9 Å². The summed E-state index contributed by atoms with van der Waals surface area (Å²) in [6, 6.07) is 7.10. The first-order valence-corrected chi connectivity index (χ1v) is 12.4. The largest absolute Gasteiger partial charge is 0.492 e. The van der Waals surface area contributed by atoms with Gasteiger partial charge in [-0.15, -0.1) is 15.3 Å². The summed E-state index contributed by atoms with van der Waals surface area (Å²) in [6.07, 6.45) is -5.90. The predicted octanol–water partition coefficient (Wildman–Crippen LogP) is 4.04. The Morgan fingerprint density at radius 1 is 1.10 bits per heavy atom. The fourth-order valence-electron chi connectivity index (χ4n) is 3.64. The van der Waals surface area contributed by atoms with Crippen LogP contribution in [0.2, 0.25) is 0 Å². The van der Waals surface area contributed by atoms with Gasteiger partial charge in [0.15, 0.2) is 0 Å². The quantitative estimate of drug-likeness (QED) is 0.341. The highest BCUT2D eigenvalue weighted by Crippen LogP contribution is 2.33. The molecule has 39 heavy (non-hydrogen) atoms. The number of carbonyl (C=O) groups is 3. The first-order valence-electron chi connectivity index (χ1n) is 11.6. The monoisotopic (exact) mass is 579 g/mol. The van der Waals surface area contributed by atoms with Gasteiger partial charge in [0.25, 0.3) is 0 Å². The fourth-order valence-corrected chi connectivity index (χ4v) is 4.25. The van der Waals surface area contributed by atoms with Crippen LogP contribution in [0.3, 0.4) is 0 Å². The Bertz CT molecular complexity index is 1170. The number of alkyl halides is 6. The molecule has 0 bridgehead atoms. The molecular weight excluding hydrogens is 556 g/mol. The van der Waals surface area contributed by atoms with Gasteiger partial charge in [-0.05, 0) is 37.7 Å². The van der Waals surface area contributed by atoms with Crippen molar-refractivity contribution in [1.82, 2.24) is 20.6 Å². The van der Waals surface area contributed by atoms with E-state index in [0.29, 0.717) is 24.3 Å². The molecule has 0 aliphatic carbocycles. The number of benzene rings is 1. The summed E-state index contributed by atoms with van der Waals surface area (Å²) in [6.45, 7) is -0.0748. The number of hydroxylamine groups is 2. The van der Waals surface area contributed by atoms with Gasteiger partial charge in [0.2, 0.25) is 22.0 Å². The lowest BCUT2D eigenvalue weighted by atomic mass is 10.0. The second-order valence-electron chi connectivity index (χ2n) is 8.43. The SMILES string of the molecule is O=C(/C=C/[C@H](CCc1ccccc1)NC(=O)[C@@H]1CCCCN1OC(=O)C(F)(F)F)Nc1nnc(C(F)(F)F)s1. The molecule has 0 saturated carbocycles. The maximum absolute atomic E-state index is 13.0. The molecule has 1 aliphatic heterocycles. The molecule has 0 radical (unpaired) electrons. The zero-order chi connectivity index (χ0) is 28.6. The van der Waals surface area contributed by atoms with Crippen molar-refractivity contribution in [3.8, 4) is 0 Å². The van der Waals surface area contributed by atoms with E-state index in [2.05, 4.69) is 25.7 Å². The van der Waals surface area contributed by atoms with Gasteiger partial charge in [0, 0.05) is 18.7 Å². The van der Waals surface area contributed by atoms with Crippen LogP contribution in [0.25, 0.3) is 0 Å². The van der Waals surface area contributed by atoms with Crippen molar-refractivity contribution in [2.45, 2.75) is 56.5 Å². The number of amides is 2. The fraction of sp³-hybridized carbons (Fsp3) is 0.435. The summed E-state index contributed by atoms with van der Waals surface area (Å²) >= 11 is 0.136. The minimum absolute atomic E-state index is 0.0748. The van der Waals surface area contributed by atoms with Crippen LogP contribution in [-0.4, -0.2) is 57.8 Å². The van der Waals surface area contributed by atoms with Crippen LogP contribution >= 0.6 is 11.3 Å². The van der Waals surface area contributed by atoms with Gasteiger partial charge in [-0.2, -0.15) is 26.3 Å². The summed E-state index contributed by atoms with van der Waals surface area (Å²) < 4.78 is 76.2. The molecule has 212 valence electrons. The standard InChI is InChI=1S/C23H23F6N5O4S/c24-22(25,26)19-32-33-21(39-19)31-17(35)12-11-15(10-9-14-6-2-1-3-7-14)30-18(36)16-8-4-5-13-34(16)38-20(37)23(27,28)29/h1-3,6-7,11-12,15-16H,4-5,8-10,13H2,(H,30,36)(H,31,33,35)/b12-11+/t15-,16-/m0/s1. The average molecular weight is 580 g/mol. The summed E-state index contributed by atoms with van der Waals surface area (Å²) in [4.78, 5) is 41.0. The number of hydrogen-bond acceptors (Lipinski definition) is 8. The lowest BCUT2D eigenvalue weighted by Gasteiger charge is -2.33. The second-order valence-corrected chi connectivity index (χ2v) is 9.40. The Balaban J connectivity index is 1.69. The van der Waals surface area contributed by atoms with Crippen LogP contribution < -0.4 is 10.6 Å². The molecule has 2 atom stereocenters. The Labute approximate surface area is 222 Å². The molecule has 2 amide bonds. The summed E-state index contributed by atoms with van der Waals surface area (Å²) in [5.74, 6) is -3.99. The summed E-state index contributed by atoms with van der Waals surface area (Å²) in [5.41, 5.74) is 0.904. The van der Waals surface area contributed by atoms with E-state index >= 15 is 0 Å². The topological polar surface area (TPSA) is 114 Å². The first-order chi connectivity index (χ1) is 18.3. The number of halogens is 6. The predicted molar refractivity (Wildman–Crippen MR) is 126 cm³/mol. The van der Waals surface area contributed by atoms with Gasteiger partial charge in [0.1, 0.15) is 6.04 Å². The molecule has 2 N–H and O–H groups in total. The molecule has 2 aromatic rings. The third kappa shape index (κ3) is 9.31. The van der Waals surface area contributed by atoms with E-state index in [0.717, 1.165) is 11.6 Å². The zero-order valence-corrected chi connectivity index (χ0v) is 20.9. The molecule has 1 fully saturated rings. The second kappa shape index (κ2) is 13.0. The van der Waals surface area contributed by atoms with Crippen LogP contribution in [0.1, 0.15) is 36.3 Å². The van der Waals surface area contributed by atoms with Crippen molar-refractivity contribution >= 4 is 34.3 Å². The van der Waals surface area contributed by atoms with E-state index in [1.807, 2.05) is 18.2 Å². The Hall–Kier alpha value is -3.53. The van der Waals surface area contributed by atoms with E-state index in [4.69, 9.17) is 0 Å². The maximum Gasteiger partial charge on any atom is 0.492 e. The van der Waals surface area contributed by atoms with Crippen LogP contribution in [-0.2, 0) is 31.8 Å². The Kier molecular flexibility index (Phi) is 10.0. The number of aryl methyl sites for hydroxylation is 1. The van der Waals surface area contributed by atoms with Crippen molar-refractivity contribution < 1.29 is 45.6 Å². The lowest BCUT2D eigenvalue weighted by molar-refractivity contribution is -0.248. The van der Waals surface area contributed by atoms with Gasteiger partial charge < -0.3 is 10.2 Å². The average Bonchev–Trinajstić information content (AvgIpc) is 3.35. The highest BCUT2D eigenvalue weighted by atomic mass is 32.1. The molecule has 9 nitrogen and oxygen atoms in total. The van der Waals surface area contributed by atoms with E-state index in [1.54, 1.807) is 12.1 Å². The lowest BCUT2D eigenvalue weighted by Crippen LogP contribution is -2.53. The Morgan fingerprint density at radius 3 is 2.46 bits per heavy atom. The van der Waals surface area contributed by atoms with Crippen LogP contribution in [0, 0.1) is 0 Å². The molecule has 1 aromatic heterocycles.